The Labute approximate surface area is 116 Å². The van der Waals surface area contributed by atoms with E-state index in [1.54, 1.807) is 6.26 Å². The highest BCUT2D eigenvalue weighted by Crippen LogP contribution is 2.45. The molecule has 0 bridgehead atoms. The van der Waals surface area contributed by atoms with Crippen LogP contribution in [0.3, 0.4) is 0 Å². The highest BCUT2D eigenvalue weighted by molar-refractivity contribution is 5.88. The van der Waals surface area contributed by atoms with Crippen LogP contribution in [0.2, 0.25) is 0 Å². The quantitative estimate of drug-likeness (QED) is 0.543. The fraction of sp³-hybridized carbons (Fsp3) is 0.812. The van der Waals surface area contributed by atoms with Crippen LogP contribution in [0.1, 0.15) is 51.9 Å². The van der Waals surface area contributed by atoms with Crippen LogP contribution in [0.25, 0.3) is 0 Å². The SMILES string of the molecule is CCCCCCC1CCC2C(C(=O)OC)=COCC12. The van der Waals surface area contributed by atoms with Crippen LogP contribution in [-0.2, 0) is 14.3 Å². The molecule has 3 nitrogen and oxygen atoms in total. The van der Waals surface area contributed by atoms with Gasteiger partial charge in [-0.2, -0.15) is 0 Å². The maximum atomic E-state index is 11.7. The second-order valence-electron chi connectivity index (χ2n) is 5.86. The first-order valence-corrected chi connectivity index (χ1v) is 7.67. The molecule has 0 aromatic heterocycles. The summed E-state index contributed by atoms with van der Waals surface area (Å²) in [4.78, 5) is 11.7. The van der Waals surface area contributed by atoms with Crippen molar-refractivity contribution in [2.24, 2.45) is 17.8 Å². The number of unbranched alkanes of at least 4 members (excludes halogenated alkanes) is 3. The molecule has 0 spiro atoms. The molecule has 2 aliphatic rings. The van der Waals surface area contributed by atoms with Gasteiger partial charge in [-0.3, -0.25) is 0 Å². The molecule has 1 aliphatic carbocycles. The molecule has 0 aromatic rings. The lowest BCUT2D eigenvalue weighted by Gasteiger charge is -2.29. The zero-order valence-electron chi connectivity index (χ0n) is 12.2. The Morgan fingerprint density at radius 3 is 2.95 bits per heavy atom. The van der Waals surface area contributed by atoms with Gasteiger partial charge in [-0.1, -0.05) is 39.0 Å². The van der Waals surface area contributed by atoms with Crippen molar-refractivity contribution < 1.29 is 14.3 Å². The molecule has 3 atom stereocenters. The highest BCUT2D eigenvalue weighted by atomic mass is 16.5. The lowest BCUT2D eigenvalue weighted by molar-refractivity contribution is -0.137. The molecule has 0 aromatic carbocycles. The first-order chi connectivity index (χ1) is 9.27. The van der Waals surface area contributed by atoms with Crippen molar-refractivity contribution in [2.75, 3.05) is 13.7 Å². The van der Waals surface area contributed by atoms with Gasteiger partial charge < -0.3 is 9.47 Å². The summed E-state index contributed by atoms with van der Waals surface area (Å²) in [5, 5.41) is 0. The van der Waals surface area contributed by atoms with E-state index in [1.807, 2.05) is 0 Å². The van der Waals surface area contributed by atoms with E-state index in [0.29, 0.717) is 11.8 Å². The smallest absolute Gasteiger partial charge is 0.337 e. The fourth-order valence-corrected chi connectivity index (χ4v) is 3.63. The van der Waals surface area contributed by atoms with E-state index in [-0.39, 0.29) is 5.97 Å². The van der Waals surface area contributed by atoms with Crippen LogP contribution in [0.4, 0.5) is 0 Å². The Hall–Kier alpha value is -0.990. The van der Waals surface area contributed by atoms with Gasteiger partial charge in [0, 0.05) is 11.8 Å². The van der Waals surface area contributed by atoms with Gasteiger partial charge in [0.25, 0.3) is 0 Å². The fourth-order valence-electron chi connectivity index (χ4n) is 3.63. The predicted molar refractivity (Wildman–Crippen MR) is 74.5 cm³/mol. The van der Waals surface area contributed by atoms with Gasteiger partial charge in [0.05, 0.1) is 25.6 Å². The second kappa shape index (κ2) is 6.97. The maximum Gasteiger partial charge on any atom is 0.337 e. The second-order valence-corrected chi connectivity index (χ2v) is 5.86. The molecule has 0 N–H and O–H groups in total. The number of esters is 1. The summed E-state index contributed by atoms with van der Waals surface area (Å²) in [6.07, 6.45) is 10.6. The number of hydrogen-bond donors (Lipinski definition) is 0. The van der Waals surface area contributed by atoms with Gasteiger partial charge in [-0.15, -0.1) is 0 Å². The zero-order chi connectivity index (χ0) is 13.7. The van der Waals surface area contributed by atoms with E-state index >= 15 is 0 Å². The lowest BCUT2D eigenvalue weighted by Crippen LogP contribution is -2.28. The minimum absolute atomic E-state index is 0.207. The molecule has 2 rings (SSSR count). The van der Waals surface area contributed by atoms with Gasteiger partial charge in [-0.25, -0.2) is 4.79 Å². The third kappa shape index (κ3) is 3.31. The number of rotatable bonds is 6. The number of fused-ring (bicyclic) bond motifs is 1. The van der Waals surface area contributed by atoms with Crippen molar-refractivity contribution in [3.05, 3.63) is 11.8 Å². The van der Waals surface area contributed by atoms with E-state index in [4.69, 9.17) is 9.47 Å². The molecule has 0 saturated heterocycles. The van der Waals surface area contributed by atoms with Crippen molar-refractivity contribution in [1.29, 1.82) is 0 Å². The van der Waals surface area contributed by atoms with Crippen LogP contribution < -0.4 is 0 Å². The molecule has 1 heterocycles. The molecule has 1 aliphatic heterocycles. The van der Waals surface area contributed by atoms with Crippen molar-refractivity contribution in [1.82, 2.24) is 0 Å². The van der Waals surface area contributed by atoms with Gasteiger partial charge in [0.15, 0.2) is 0 Å². The van der Waals surface area contributed by atoms with E-state index in [2.05, 4.69) is 6.92 Å². The number of methoxy groups -OCH3 is 1. The molecule has 0 amide bonds. The van der Waals surface area contributed by atoms with Gasteiger partial charge in [-0.05, 0) is 18.8 Å². The minimum atomic E-state index is -0.207. The molecule has 3 heteroatoms. The Balaban J connectivity index is 1.89. The Kier molecular flexibility index (Phi) is 5.29. The number of ether oxygens (including phenoxy) is 2. The molecule has 3 unspecified atom stereocenters. The standard InChI is InChI=1S/C16H26O3/c1-3-4-5-6-7-12-8-9-13-14(12)10-19-11-15(13)16(17)18-2/h11-14H,3-10H2,1-2H3. The summed E-state index contributed by atoms with van der Waals surface area (Å²) >= 11 is 0. The van der Waals surface area contributed by atoms with Gasteiger partial charge in [0.2, 0.25) is 0 Å². The molecular formula is C16H26O3. The van der Waals surface area contributed by atoms with Crippen molar-refractivity contribution in [2.45, 2.75) is 51.9 Å². The summed E-state index contributed by atoms with van der Waals surface area (Å²) in [6.45, 7) is 3.03. The van der Waals surface area contributed by atoms with Crippen LogP contribution in [-0.4, -0.2) is 19.7 Å². The van der Waals surface area contributed by atoms with E-state index in [9.17, 15) is 4.79 Å². The molecule has 108 valence electrons. The summed E-state index contributed by atoms with van der Waals surface area (Å²) in [7, 11) is 1.45. The van der Waals surface area contributed by atoms with Crippen LogP contribution in [0.15, 0.2) is 11.8 Å². The van der Waals surface area contributed by atoms with E-state index < -0.39 is 0 Å². The molecule has 1 fully saturated rings. The van der Waals surface area contributed by atoms with E-state index in [1.165, 1.54) is 45.6 Å². The maximum absolute atomic E-state index is 11.7. The predicted octanol–water partition coefficient (Wildman–Crippen LogP) is 3.69. The number of hydrogen-bond acceptors (Lipinski definition) is 3. The normalized spacial score (nSPS) is 29.4. The van der Waals surface area contributed by atoms with Crippen LogP contribution in [0, 0.1) is 17.8 Å². The zero-order valence-corrected chi connectivity index (χ0v) is 12.2. The third-order valence-corrected chi connectivity index (χ3v) is 4.72. The summed E-state index contributed by atoms with van der Waals surface area (Å²) in [5.41, 5.74) is 0.759. The first-order valence-electron chi connectivity index (χ1n) is 7.67. The topological polar surface area (TPSA) is 35.5 Å². The van der Waals surface area contributed by atoms with Crippen molar-refractivity contribution in [3.8, 4) is 0 Å². The molecular weight excluding hydrogens is 240 g/mol. The van der Waals surface area contributed by atoms with Gasteiger partial charge >= 0.3 is 5.97 Å². The van der Waals surface area contributed by atoms with E-state index in [0.717, 1.165) is 24.5 Å². The average Bonchev–Trinajstić information content (AvgIpc) is 2.86. The van der Waals surface area contributed by atoms with Crippen LogP contribution >= 0.6 is 0 Å². The summed E-state index contributed by atoms with van der Waals surface area (Å²) in [5.74, 6) is 1.43. The summed E-state index contributed by atoms with van der Waals surface area (Å²) < 4.78 is 10.4. The van der Waals surface area contributed by atoms with Crippen molar-refractivity contribution >= 4 is 5.97 Å². The molecule has 1 saturated carbocycles. The number of carbonyl (C=O) groups excluding carboxylic acids is 1. The summed E-state index contributed by atoms with van der Waals surface area (Å²) in [6, 6.07) is 0. The van der Waals surface area contributed by atoms with Crippen LogP contribution in [0.5, 0.6) is 0 Å². The largest absolute Gasteiger partial charge is 0.500 e. The van der Waals surface area contributed by atoms with Crippen molar-refractivity contribution in [3.63, 3.8) is 0 Å². The average molecular weight is 266 g/mol. The Morgan fingerprint density at radius 2 is 2.21 bits per heavy atom. The Morgan fingerprint density at radius 1 is 1.37 bits per heavy atom. The first kappa shape index (κ1) is 14.4. The van der Waals surface area contributed by atoms with Gasteiger partial charge in [0.1, 0.15) is 0 Å². The lowest BCUT2D eigenvalue weighted by atomic mass is 9.82. The number of carbonyl (C=O) groups is 1. The third-order valence-electron chi connectivity index (χ3n) is 4.72. The Bertz CT molecular complexity index is 335. The monoisotopic (exact) mass is 266 g/mol. The molecule has 0 radical (unpaired) electrons. The highest BCUT2D eigenvalue weighted by Gasteiger charge is 2.42. The minimum Gasteiger partial charge on any atom is -0.500 e. The molecule has 19 heavy (non-hydrogen) atoms.